The van der Waals surface area contributed by atoms with Crippen molar-refractivity contribution in [3.63, 3.8) is 0 Å². The van der Waals surface area contributed by atoms with Crippen LogP contribution in [0.3, 0.4) is 0 Å². The molecule has 0 saturated carbocycles. The van der Waals surface area contributed by atoms with Gasteiger partial charge in [0.2, 0.25) is 5.91 Å². The third kappa shape index (κ3) is 10.9. The van der Waals surface area contributed by atoms with E-state index in [-0.39, 0.29) is 35.7 Å². The van der Waals surface area contributed by atoms with Crippen molar-refractivity contribution in [2.75, 3.05) is 33.4 Å². The van der Waals surface area contributed by atoms with E-state index in [0.717, 1.165) is 61.2 Å². The van der Waals surface area contributed by atoms with E-state index >= 15 is 0 Å². The lowest BCUT2D eigenvalue weighted by Crippen LogP contribution is -2.35. The Morgan fingerprint density at radius 3 is 2.45 bits per heavy atom. The van der Waals surface area contributed by atoms with Crippen LogP contribution in [-0.4, -0.2) is 56.4 Å². The highest BCUT2D eigenvalue weighted by Gasteiger charge is 2.39. The van der Waals surface area contributed by atoms with Gasteiger partial charge in [-0.05, 0) is 80.7 Å². The number of carbonyl (C=O) groups is 1. The summed E-state index contributed by atoms with van der Waals surface area (Å²) in [5.74, 6) is 1.24. The topological polar surface area (TPSA) is 173 Å². The van der Waals surface area contributed by atoms with E-state index in [2.05, 4.69) is 40.9 Å². The molecule has 1 aliphatic heterocycles. The number of carbonyl (C=O) groups excluding carboxylic acids is 1. The van der Waals surface area contributed by atoms with Gasteiger partial charge in [-0.15, -0.1) is 0 Å². The van der Waals surface area contributed by atoms with Gasteiger partial charge in [0.05, 0.1) is 0 Å². The normalized spacial score (nSPS) is 16.4. The summed E-state index contributed by atoms with van der Waals surface area (Å²) in [7, 11) is 1.54. The van der Waals surface area contributed by atoms with Crippen molar-refractivity contribution in [2.24, 2.45) is 22.2 Å². The molecule has 2 aromatic carbocycles. The SMILES string of the molecule is CCCCNC(=O)/C=C/c1ccc2c(c1)C(C(C)NCCCCNCN)C(c1ccc(O)cc1)O2.CN=C(N)N. The molecular weight excluding hydrogens is 506 g/mol. The molecule has 10 nitrogen and oxygen atoms in total. The number of aromatic hydroxyl groups is 1. The van der Waals surface area contributed by atoms with Crippen LogP contribution in [0.5, 0.6) is 11.5 Å². The van der Waals surface area contributed by atoms with Crippen LogP contribution in [0.25, 0.3) is 6.08 Å². The Labute approximate surface area is 238 Å². The zero-order chi connectivity index (χ0) is 29.3. The van der Waals surface area contributed by atoms with Crippen LogP contribution in [0.2, 0.25) is 0 Å². The molecule has 0 spiro atoms. The van der Waals surface area contributed by atoms with Crippen LogP contribution in [-0.2, 0) is 4.79 Å². The third-order valence-corrected chi connectivity index (χ3v) is 6.64. The van der Waals surface area contributed by atoms with Gasteiger partial charge in [-0.1, -0.05) is 31.5 Å². The van der Waals surface area contributed by atoms with Crippen LogP contribution in [0.15, 0.2) is 53.5 Å². The van der Waals surface area contributed by atoms with Crippen LogP contribution in [0.4, 0.5) is 0 Å². The van der Waals surface area contributed by atoms with Crippen molar-refractivity contribution in [3.05, 3.63) is 65.2 Å². The van der Waals surface area contributed by atoms with Gasteiger partial charge in [0.15, 0.2) is 5.96 Å². The Morgan fingerprint density at radius 1 is 1.10 bits per heavy atom. The van der Waals surface area contributed by atoms with Gasteiger partial charge < -0.3 is 43.0 Å². The highest BCUT2D eigenvalue weighted by Crippen LogP contribution is 2.48. The first kappa shape index (κ1) is 32.6. The van der Waals surface area contributed by atoms with Crippen molar-refractivity contribution < 1.29 is 14.6 Å². The van der Waals surface area contributed by atoms with Gasteiger partial charge in [-0.2, -0.15) is 0 Å². The van der Waals surface area contributed by atoms with Crippen molar-refractivity contribution in [1.82, 2.24) is 16.0 Å². The molecule has 3 rings (SSSR count). The number of fused-ring (bicyclic) bond motifs is 1. The number of nitrogens with zero attached hydrogens (tertiary/aromatic N) is 1. The number of ether oxygens (including phenoxy) is 1. The predicted octanol–water partition coefficient (Wildman–Crippen LogP) is 2.69. The maximum absolute atomic E-state index is 12.1. The average Bonchev–Trinajstić information content (AvgIpc) is 3.33. The summed E-state index contributed by atoms with van der Waals surface area (Å²) in [6.45, 7) is 7.31. The Morgan fingerprint density at radius 2 is 1.80 bits per heavy atom. The fraction of sp³-hybridized carbons (Fsp3) is 0.467. The standard InChI is InChI=1S/C28H40N4O3.C2H7N3/c1-3-4-16-32-26(34)14-8-21-7-13-25-24(18-21)27(20(2)31-17-6-5-15-30-19-29)28(35-25)22-9-11-23(33)12-10-22;1-5-2(3)4/h7-14,18,20,27-28,30-31,33H,3-6,15-17,19,29H2,1-2H3,(H,32,34);1H3,(H4,3,4,5)/b14-8+;. The molecular formula is C30H47N7O3. The van der Waals surface area contributed by atoms with E-state index < -0.39 is 0 Å². The predicted molar refractivity (Wildman–Crippen MR) is 163 cm³/mol. The molecule has 0 aliphatic carbocycles. The summed E-state index contributed by atoms with van der Waals surface area (Å²) in [5.41, 5.74) is 18.3. The molecule has 10 N–H and O–H groups in total. The summed E-state index contributed by atoms with van der Waals surface area (Å²) < 4.78 is 6.42. The summed E-state index contributed by atoms with van der Waals surface area (Å²) >= 11 is 0. The lowest BCUT2D eigenvalue weighted by molar-refractivity contribution is -0.116. The van der Waals surface area contributed by atoms with Crippen molar-refractivity contribution in [3.8, 4) is 11.5 Å². The summed E-state index contributed by atoms with van der Waals surface area (Å²) in [5, 5.41) is 19.5. The van der Waals surface area contributed by atoms with E-state index in [1.807, 2.05) is 30.3 Å². The van der Waals surface area contributed by atoms with Gasteiger partial charge in [-0.3, -0.25) is 9.79 Å². The van der Waals surface area contributed by atoms with E-state index in [4.69, 9.17) is 21.9 Å². The second-order valence-electron chi connectivity index (χ2n) is 9.73. The van der Waals surface area contributed by atoms with Crippen LogP contribution < -0.4 is 37.9 Å². The number of nitrogens with one attached hydrogen (secondary N) is 3. The minimum Gasteiger partial charge on any atom is -0.508 e. The van der Waals surface area contributed by atoms with Gasteiger partial charge >= 0.3 is 0 Å². The smallest absolute Gasteiger partial charge is 0.243 e. The average molecular weight is 554 g/mol. The molecule has 0 radical (unpaired) electrons. The molecule has 3 unspecified atom stereocenters. The Bertz CT molecular complexity index is 1090. The molecule has 3 atom stereocenters. The van der Waals surface area contributed by atoms with Crippen LogP contribution in [0, 0.1) is 0 Å². The zero-order valence-electron chi connectivity index (χ0n) is 24.0. The number of rotatable bonds is 14. The minimum atomic E-state index is -0.163. The number of unbranched alkanes of at least 4 members (excludes halogenated alkanes) is 2. The molecule has 10 heteroatoms. The van der Waals surface area contributed by atoms with Gasteiger partial charge in [0.1, 0.15) is 17.6 Å². The minimum absolute atomic E-state index is 0.0760. The second kappa shape index (κ2) is 17.9. The number of aliphatic imine (C=N–C) groups is 1. The zero-order valence-corrected chi connectivity index (χ0v) is 24.0. The fourth-order valence-electron chi connectivity index (χ4n) is 4.44. The maximum atomic E-state index is 12.1. The molecule has 1 aliphatic rings. The van der Waals surface area contributed by atoms with Crippen molar-refractivity contribution in [2.45, 2.75) is 57.6 Å². The van der Waals surface area contributed by atoms with E-state index in [1.165, 1.54) is 7.05 Å². The van der Waals surface area contributed by atoms with Gasteiger partial charge in [0.25, 0.3) is 0 Å². The van der Waals surface area contributed by atoms with Crippen LogP contribution in [0.1, 0.15) is 68.2 Å². The number of hydrogen-bond donors (Lipinski definition) is 7. The Balaban J connectivity index is 0.00000103. The maximum Gasteiger partial charge on any atom is 0.243 e. The number of hydrogen-bond acceptors (Lipinski definition) is 7. The Hall–Kier alpha value is -3.60. The molecule has 40 heavy (non-hydrogen) atoms. The highest BCUT2D eigenvalue weighted by molar-refractivity contribution is 5.91. The molecule has 220 valence electrons. The van der Waals surface area contributed by atoms with E-state index in [1.54, 1.807) is 18.2 Å². The summed E-state index contributed by atoms with van der Waals surface area (Å²) in [4.78, 5) is 15.5. The largest absolute Gasteiger partial charge is 0.508 e. The number of benzene rings is 2. The molecule has 0 fully saturated rings. The lowest BCUT2D eigenvalue weighted by Gasteiger charge is -2.26. The second-order valence-corrected chi connectivity index (χ2v) is 9.73. The number of guanidine groups is 1. The first-order chi connectivity index (χ1) is 19.3. The van der Waals surface area contributed by atoms with Crippen molar-refractivity contribution in [1.29, 1.82) is 0 Å². The van der Waals surface area contributed by atoms with Gasteiger partial charge in [-0.25, -0.2) is 0 Å². The van der Waals surface area contributed by atoms with E-state index in [0.29, 0.717) is 13.2 Å². The molecule has 1 amide bonds. The van der Waals surface area contributed by atoms with E-state index in [9.17, 15) is 9.90 Å². The number of phenolic OH excluding ortho intramolecular Hbond substituents is 1. The first-order valence-corrected chi connectivity index (χ1v) is 14.0. The quantitative estimate of drug-likeness (QED) is 0.0615. The highest BCUT2D eigenvalue weighted by atomic mass is 16.5. The monoisotopic (exact) mass is 553 g/mol. The lowest BCUT2D eigenvalue weighted by atomic mass is 9.85. The molecule has 0 aromatic heterocycles. The van der Waals surface area contributed by atoms with Crippen molar-refractivity contribution >= 4 is 17.9 Å². The number of amides is 1. The molecule has 0 saturated heterocycles. The fourth-order valence-corrected chi connectivity index (χ4v) is 4.44. The number of phenols is 1. The third-order valence-electron chi connectivity index (χ3n) is 6.64. The summed E-state index contributed by atoms with van der Waals surface area (Å²) in [6.07, 6.45) is 7.43. The molecule has 1 heterocycles. The number of nitrogens with two attached hydrogens (primary N) is 3. The molecule has 0 bridgehead atoms. The first-order valence-electron chi connectivity index (χ1n) is 14.0. The molecule has 2 aromatic rings. The summed E-state index contributed by atoms with van der Waals surface area (Å²) in [6, 6.07) is 13.5. The van der Waals surface area contributed by atoms with Gasteiger partial charge in [0, 0.05) is 43.9 Å². The van der Waals surface area contributed by atoms with Crippen LogP contribution >= 0.6 is 0 Å². The Kier molecular flexibility index (Phi) is 14.6.